The van der Waals surface area contributed by atoms with Crippen molar-refractivity contribution in [3.8, 4) is 0 Å². The lowest BCUT2D eigenvalue weighted by Gasteiger charge is -2.44. The maximum absolute atomic E-state index is 13.3. The van der Waals surface area contributed by atoms with Gasteiger partial charge < -0.3 is 14.8 Å². The molecule has 138 valence electrons. The van der Waals surface area contributed by atoms with Crippen LogP contribution in [0, 0.1) is 6.92 Å². The third kappa shape index (κ3) is 2.61. The van der Waals surface area contributed by atoms with Crippen LogP contribution >= 0.6 is 0 Å². The molecule has 1 N–H and O–H groups in total. The van der Waals surface area contributed by atoms with Crippen LogP contribution in [0.2, 0.25) is 0 Å². The van der Waals surface area contributed by atoms with Crippen LogP contribution in [0.4, 0.5) is 0 Å². The minimum absolute atomic E-state index is 0.0388. The highest BCUT2D eigenvalue weighted by molar-refractivity contribution is 6.02. The Morgan fingerprint density at radius 2 is 1.96 bits per heavy atom. The molecule has 1 spiro atoms. The first-order valence-corrected chi connectivity index (χ1v) is 9.76. The molecule has 0 radical (unpaired) electrons. The van der Waals surface area contributed by atoms with Gasteiger partial charge in [-0.1, -0.05) is 18.6 Å². The number of rotatable bonds is 3. The quantitative estimate of drug-likeness (QED) is 0.918. The average molecular weight is 353 g/mol. The summed E-state index contributed by atoms with van der Waals surface area (Å²) in [5.74, 6) is 0.117. The van der Waals surface area contributed by atoms with Gasteiger partial charge in [0, 0.05) is 30.5 Å². The number of aromatic nitrogens is 1. The summed E-state index contributed by atoms with van der Waals surface area (Å²) >= 11 is 0. The number of piperidine rings is 1. The first kappa shape index (κ1) is 17.1. The smallest absolute Gasteiger partial charge is 0.271 e. The number of H-pyrrole nitrogens is 1. The number of likely N-dealkylation sites (tertiary alicyclic amines) is 2. The molecule has 2 amide bonds. The summed E-state index contributed by atoms with van der Waals surface area (Å²) < 4.78 is 0. The van der Waals surface area contributed by atoms with Gasteiger partial charge in [0.15, 0.2) is 0 Å². The van der Waals surface area contributed by atoms with Crippen LogP contribution in [0.5, 0.6) is 0 Å². The second kappa shape index (κ2) is 6.45. The van der Waals surface area contributed by atoms with E-state index in [-0.39, 0.29) is 11.8 Å². The summed E-state index contributed by atoms with van der Waals surface area (Å²) in [4.78, 5) is 33.6. The molecule has 2 saturated heterocycles. The predicted octanol–water partition coefficient (Wildman–Crippen LogP) is 3.48. The lowest BCUT2D eigenvalue weighted by molar-refractivity contribution is -0.145. The van der Waals surface area contributed by atoms with E-state index < -0.39 is 5.54 Å². The molecular weight excluding hydrogens is 326 g/mol. The number of carbonyl (C=O) groups is 2. The molecule has 2 aromatic rings. The van der Waals surface area contributed by atoms with Crippen molar-refractivity contribution in [1.29, 1.82) is 0 Å². The van der Waals surface area contributed by atoms with Gasteiger partial charge >= 0.3 is 0 Å². The maximum atomic E-state index is 13.3. The Hall–Kier alpha value is -2.30. The van der Waals surface area contributed by atoms with Crippen molar-refractivity contribution in [2.75, 3.05) is 19.6 Å². The number of nitrogens with zero attached hydrogens (tertiary/aromatic N) is 2. The molecule has 2 fully saturated rings. The number of hydrogen-bond donors (Lipinski definition) is 1. The van der Waals surface area contributed by atoms with E-state index in [2.05, 4.69) is 18.0 Å². The minimum Gasteiger partial charge on any atom is -0.351 e. The summed E-state index contributed by atoms with van der Waals surface area (Å²) in [6.07, 6.45) is 4.41. The van der Waals surface area contributed by atoms with Crippen LogP contribution in [-0.2, 0) is 4.79 Å². The van der Waals surface area contributed by atoms with E-state index in [4.69, 9.17) is 0 Å². The molecule has 1 unspecified atom stereocenters. The van der Waals surface area contributed by atoms with Crippen molar-refractivity contribution in [1.82, 2.24) is 14.8 Å². The molecule has 1 aromatic heterocycles. The standard InChI is InChI=1S/C21H27N3O2/c1-3-10-23-11-4-8-21(20(23)26)9-5-12-24(21)19(25)18-14-16-13-15(2)6-7-17(16)22-18/h6-7,13-14,22H,3-5,8-12H2,1-2H3. The van der Waals surface area contributed by atoms with E-state index in [0.717, 1.165) is 56.1 Å². The molecular formula is C21H27N3O2. The van der Waals surface area contributed by atoms with Gasteiger partial charge in [0.25, 0.3) is 5.91 Å². The highest BCUT2D eigenvalue weighted by Crippen LogP contribution is 2.39. The number of amides is 2. The van der Waals surface area contributed by atoms with E-state index >= 15 is 0 Å². The van der Waals surface area contributed by atoms with E-state index in [9.17, 15) is 9.59 Å². The monoisotopic (exact) mass is 353 g/mol. The summed E-state index contributed by atoms with van der Waals surface area (Å²) in [6.45, 7) is 6.42. The zero-order valence-electron chi connectivity index (χ0n) is 15.7. The molecule has 26 heavy (non-hydrogen) atoms. The van der Waals surface area contributed by atoms with Crippen molar-refractivity contribution in [2.45, 2.75) is 51.5 Å². The third-order valence-corrected chi connectivity index (χ3v) is 5.94. The average Bonchev–Trinajstić information content (AvgIpc) is 3.23. The molecule has 1 aromatic carbocycles. The summed E-state index contributed by atoms with van der Waals surface area (Å²) in [5.41, 5.74) is 2.10. The Kier molecular flexibility index (Phi) is 4.25. The molecule has 0 aliphatic carbocycles. The fraction of sp³-hybridized carbons (Fsp3) is 0.524. The Morgan fingerprint density at radius 1 is 1.19 bits per heavy atom. The van der Waals surface area contributed by atoms with Gasteiger partial charge in [-0.15, -0.1) is 0 Å². The van der Waals surface area contributed by atoms with Crippen molar-refractivity contribution in [3.63, 3.8) is 0 Å². The first-order valence-electron chi connectivity index (χ1n) is 9.76. The van der Waals surface area contributed by atoms with Gasteiger partial charge in [0.2, 0.25) is 5.91 Å². The van der Waals surface area contributed by atoms with Gasteiger partial charge in [-0.3, -0.25) is 9.59 Å². The Bertz CT molecular complexity index is 854. The zero-order chi connectivity index (χ0) is 18.3. The van der Waals surface area contributed by atoms with Crippen molar-refractivity contribution in [3.05, 3.63) is 35.5 Å². The van der Waals surface area contributed by atoms with E-state index in [1.807, 2.05) is 34.9 Å². The molecule has 3 heterocycles. The zero-order valence-corrected chi connectivity index (χ0v) is 15.7. The van der Waals surface area contributed by atoms with Crippen LogP contribution in [0.15, 0.2) is 24.3 Å². The molecule has 5 heteroatoms. The number of nitrogens with one attached hydrogen (secondary N) is 1. The SMILES string of the molecule is CCCN1CCCC2(CCCN2C(=O)c2cc3cc(C)ccc3[nH]2)C1=O. The molecule has 2 aliphatic heterocycles. The number of aromatic amines is 1. The van der Waals surface area contributed by atoms with Gasteiger partial charge in [0.1, 0.15) is 11.2 Å². The number of aryl methyl sites for hydroxylation is 1. The van der Waals surface area contributed by atoms with Gasteiger partial charge in [0.05, 0.1) is 0 Å². The molecule has 4 rings (SSSR count). The maximum Gasteiger partial charge on any atom is 0.271 e. The van der Waals surface area contributed by atoms with Crippen LogP contribution in [-0.4, -0.2) is 51.8 Å². The van der Waals surface area contributed by atoms with E-state index in [0.29, 0.717) is 12.2 Å². The van der Waals surface area contributed by atoms with Crippen LogP contribution in [0.25, 0.3) is 10.9 Å². The number of hydrogen-bond acceptors (Lipinski definition) is 2. The summed E-state index contributed by atoms with van der Waals surface area (Å²) in [5, 5.41) is 1.05. The third-order valence-electron chi connectivity index (χ3n) is 5.94. The van der Waals surface area contributed by atoms with Crippen molar-refractivity contribution < 1.29 is 9.59 Å². The Balaban J connectivity index is 1.66. The van der Waals surface area contributed by atoms with Crippen molar-refractivity contribution in [2.24, 2.45) is 0 Å². The summed E-state index contributed by atoms with van der Waals surface area (Å²) in [6, 6.07) is 8.05. The molecule has 0 saturated carbocycles. The largest absolute Gasteiger partial charge is 0.351 e. The Labute approximate surface area is 154 Å². The van der Waals surface area contributed by atoms with E-state index in [1.54, 1.807) is 0 Å². The second-order valence-corrected chi connectivity index (χ2v) is 7.76. The molecule has 0 bridgehead atoms. The Morgan fingerprint density at radius 3 is 2.73 bits per heavy atom. The first-order chi connectivity index (χ1) is 12.5. The topological polar surface area (TPSA) is 56.4 Å². The lowest BCUT2D eigenvalue weighted by atomic mass is 9.85. The van der Waals surface area contributed by atoms with E-state index in [1.165, 1.54) is 5.56 Å². The van der Waals surface area contributed by atoms with Crippen LogP contribution in [0.3, 0.4) is 0 Å². The van der Waals surface area contributed by atoms with Gasteiger partial charge in [-0.2, -0.15) is 0 Å². The number of carbonyl (C=O) groups excluding carboxylic acids is 2. The fourth-order valence-electron chi connectivity index (χ4n) is 4.72. The summed E-state index contributed by atoms with van der Waals surface area (Å²) in [7, 11) is 0. The van der Waals surface area contributed by atoms with Crippen molar-refractivity contribution >= 4 is 22.7 Å². The molecule has 2 aliphatic rings. The minimum atomic E-state index is -0.627. The fourth-order valence-corrected chi connectivity index (χ4v) is 4.72. The van der Waals surface area contributed by atoms with Crippen LogP contribution < -0.4 is 0 Å². The highest BCUT2D eigenvalue weighted by Gasteiger charge is 2.52. The second-order valence-electron chi connectivity index (χ2n) is 7.76. The normalized spacial score (nSPS) is 23.4. The van der Waals surface area contributed by atoms with Gasteiger partial charge in [-0.05, 0) is 57.2 Å². The number of benzene rings is 1. The highest BCUT2D eigenvalue weighted by atomic mass is 16.2. The van der Waals surface area contributed by atoms with Crippen LogP contribution in [0.1, 0.15) is 55.1 Å². The van der Waals surface area contributed by atoms with Gasteiger partial charge in [-0.25, -0.2) is 0 Å². The molecule has 1 atom stereocenters. The predicted molar refractivity (Wildman–Crippen MR) is 102 cm³/mol. The lowest BCUT2D eigenvalue weighted by Crippen LogP contribution is -2.61. The molecule has 5 nitrogen and oxygen atoms in total. The number of fused-ring (bicyclic) bond motifs is 1.